The maximum absolute atomic E-state index is 11.7. The second kappa shape index (κ2) is 7.99. The zero-order valence-corrected chi connectivity index (χ0v) is 12.8. The molecule has 22 heavy (non-hydrogen) atoms. The Morgan fingerprint density at radius 3 is 2.36 bits per heavy atom. The van der Waals surface area contributed by atoms with Crippen LogP contribution >= 0.6 is 11.3 Å². The molecule has 0 radical (unpaired) electrons. The van der Waals surface area contributed by atoms with Gasteiger partial charge in [0.15, 0.2) is 0 Å². The smallest absolute Gasteiger partial charge is 0.238 e. The monoisotopic (exact) mass is 315 g/mol. The minimum absolute atomic E-state index is 0.101. The third-order valence-electron chi connectivity index (χ3n) is 2.81. The van der Waals surface area contributed by atoms with Gasteiger partial charge in [0, 0.05) is 18.5 Å². The molecule has 0 saturated carbocycles. The van der Waals surface area contributed by atoms with E-state index in [0.717, 1.165) is 10.6 Å². The fourth-order valence-corrected chi connectivity index (χ4v) is 2.35. The molecular weight excluding hydrogens is 298 g/mol. The van der Waals surface area contributed by atoms with Crippen LogP contribution in [0, 0.1) is 0 Å². The number of hydrazine groups is 1. The van der Waals surface area contributed by atoms with E-state index < -0.39 is 0 Å². The highest BCUT2D eigenvalue weighted by molar-refractivity contribution is 7.11. The van der Waals surface area contributed by atoms with Gasteiger partial charge < -0.3 is 5.32 Å². The first-order valence-corrected chi connectivity index (χ1v) is 7.65. The van der Waals surface area contributed by atoms with Gasteiger partial charge in [0.1, 0.15) is 0 Å². The third-order valence-corrected chi connectivity index (χ3v) is 3.74. The summed E-state index contributed by atoms with van der Waals surface area (Å²) in [7, 11) is 0. The molecule has 114 valence electrons. The molecule has 3 N–H and O–H groups in total. The van der Waals surface area contributed by atoms with Crippen molar-refractivity contribution in [1.82, 2.24) is 10.9 Å². The highest BCUT2D eigenvalue weighted by atomic mass is 32.1. The fraction of sp³-hybridized carbons (Fsp3) is 0.125. The van der Waals surface area contributed by atoms with E-state index in [4.69, 9.17) is 0 Å². The van der Waals surface area contributed by atoms with Crippen molar-refractivity contribution >= 4 is 34.5 Å². The van der Waals surface area contributed by atoms with Crippen molar-refractivity contribution < 1.29 is 9.59 Å². The SMILES string of the molecule is C=C(NNC(=O)CCC(=O)Nc1ccccc1)c1cccs1. The summed E-state index contributed by atoms with van der Waals surface area (Å²) in [6, 6.07) is 12.9. The second-order valence-corrected chi connectivity index (χ2v) is 5.49. The fourth-order valence-electron chi connectivity index (χ4n) is 1.69. The first-order valence-electron chi connectivity index (χ1n) is 6.77. The molecule has 0 unspecified atom stereocenters. The molecule has 0 bridgehead atoms. The molecule has 0 aliphatic heterocycles. The number of carbonyl (C=O) groups excluding carboxylic acids is 2. The van der Waals surface area contributed by atoms with E-state index in [9.17, 15) is 9.59 Å². The Hall–Kier alpha value is -2.60. The normalized spacial score (nSPS) is 9.82. The van der Waals surface area contributed by atoms with Crippen LogP contribution in [0.3, 0.4) is 0 Å². The van der Waals surface area contributed by atoms with Crippen molar-refractivity contribution in [2.45, 2.75) is 12.8 Å². The van der Waals surface area contributed by atoms with Crippen LogP contribution in [0.1, 0.15) is 17.7 Å². The lowest BCUT2D eigenvalue weighted by Gasteiger charge is -2.09. The summed E-state index contributed by atoms with van der Waals surface area (Å²) >= 11 is 1.52. The van der Waals surface area contributed by atoms with E-state index >= 15 is 0 Å². The lowest BCUT2D eigenvalue weighted by atomic mass is 10.2. The van der Waals surface area contributed by atoms with Crippen LogP contribution in [0.15, 0.2) is 54.4 Å². The van der Waals surface area contributed by atoms with Gasteiger partial charge in [-0.1, -0.05) is 30.8 Å². The number of rotatable bonds is 7. The van der Waals surface area contributed by atoms with Crippen LogP contribution in [-0.2, 0) is 9.59 Å². The average molecular weight is 315 g/mol. The number of hydrogen-bond donors (Lipinski definition) is 3. The van der Waals surface area contributed by atoms with Gasteiger partial charge in [-0.15, -0.1) is 11.3 Å². The molecule has 2 rings (SSSR count). The molecule has 0 aliphatic carbocycles. The lowest BCUT2D eigenvalue weighted by molar-refractivity contribution is -0.124. The Morgan fingerprint density at radius 1 is 0.955 bits per heavy atom. The molecule has 1 aromatic heterocycles. The van der Waals surface area contributed by atoms with Gasteiger partial charge >= 0.3 is 0 Å². The molecule has 2 amide bonds. The molecule has 6 heteroatoms. The van der Waals surface area contributed by atoms with Gasteiger partial charge in [-0.25, -0.2) is 0 Å². The topological polar surface area (TPSA) is 70.2 Å². The standard InChI is InChI=1S/C16H17N3O2S/c1-12(14-8-5-11-22-14)18-19-16(21)10-9-15(20)17-13-6-3-2-4-7-13/h2-8,11,18H,1,9-10H2,(H,17,20)(H,19,21). The first kappa shape index (κ1) is 15.8. The van der Waals surface area contributed by atoms with Crippen LogP contribution in [0.25, 0.3) is 5.70 Å². The molecule has 0 aliphatic rings. The summed E-state index contributed by atoms with van der Waals surface area (Å²) in [6.45, 7) is 3.83. The summed E-state index contributed by atoms with van der Waals surface area (Å²) in [4.78, 5) is 24.3. The van der Waals surface area contributed by atoms with Crippen LogP contribution in [0.2, 0.25) is 0 Å². The number of benzene rings is 1. The Bertz CT molecular complexity index is 639. The van der Waals surface area contributed by atoms with Gasteiger partial charge in [0.2, 0.25) is 11.8 Å². The molecule has 0 spiro atoms. The summed E-state index contributed by atoms with van der Waals surface area (Å²) in [5, 5.41) is 4.66. The van der Waals surface area contributed by atoms with E-state index in [2.05, 4.69) is 22.7 Å². The number of thiophene rings is 1. The maximum atomic E-state index is 11.7. The van der Waals surface area contributed by atoms with Crippen molar-refractivity contribution in [3.8, 4) is 0 Å². The number of anilines is 1. The zero-order valence-electron chi connectivity index (χ0n) is 12.0. The van der Waals surface area contributed by atoms with Crippen molar-refractivity contribution in [1.29, 1.82) is 0 Å². The number of hydrogen-bond acceptors (Lipinski definition) is 4. The molecule has 2 aromatic rings. The van der Waals surface area contributed by atoms with Gasteiger partial charge in [-0.3, -0.25) is 20.4 Å². The molecule has 1 aromatic carbocycles. The molecule has 0 fully saturated rings. The first-order chi connectivity index (χ1) is 10.6. The van der Waals surface area contributed by atoms with Crippen molar-refractivity contribution in [2.75, 3.05) is 5.32 Å². The molecule has 5 nitrogen and oxygen atoms in total. The quantitative estimate of drug-likeness (QED) is 0.688. The molecule has 0 saturated heterocycles. The minimum Gasteiger partial charge on any atom is -0.326 e. The highest BCUT2D eigenvalue weighted by Crippen LogP contribution is 2.15. The van der Waals surface area contributed by atoms with Crippen LogP contribution in [0.4, 0.5) is 5.69 Å². The summed E-state index contributed by atoms with van der Waals surface area (Å²) in [6.07, 6.45) is 0.220. The number of para-hydroxylation sites is 1. The highest BCUT2D eigenvalue weighted by Gasteiger charge is 2.07. The largest absolute Gasteiger partial charge is 0.326 e. The lowest BCUT2D eigenvalue weighted by Crippen LogP contribution is -2.36. The van der Waals surface area contributed by atoms with E-state index in [1.54, 1.807) is 12.1 Å². The van der Waals surface area contributed by atoms with Crippen LogP contribution < -0.4 is 16.2 Å². The van der Waals surface area contributed by atoms with E-state index in [-0.39, 0.29) is 24.7 Å². The summed E-state index contributed by atoms with van der Waals surface area (Å²) in [5.41, 5.74) is 6.61. The van der Waals surface area contributed by atoms with Gasteiger partial charge in [0.05, 0.1) is 10.6 Å². The van der Waals surface area contributed by atoms with Crippen molar-refractivity contribution in [3.63, 3.8) is 0 Å². The van der Waals surface area contributed by atoms with E-state index in [1.807, 2.05) is 35.7 Å². The zero-order chi connectivity index (χ0) is 15.8. The third kappa shape index (κ3) is 5.06. The van der Waals surface area contributed by atoms with Crippen LogP contribution in [0.5, 0.6) is 0 Å². The molecular formula is C16H17N3O2S. The predicted molar refractivity (Wildman–Crippen MR) is 88.9 cm³/mol. The van der Waals surface area contributed by atoms with Gasteiger partial charge in [-0.05, 0) is 23.6 Å². The summed E-state index contributed by atoms with van der Waals surface area (Å²) in [5.74, 6) is -0.459. The van der Waals surface area contributed by atoms with Gasteiger partial charge in [-0.2, -0.15) is 0 Å². The Balaban J connectivity index is 1.67. The Labute approximate surface area is 133 Å². The van der Waals surface area contributed by atoms with E-state index in [1.165, 1.54) is 11.3 Å². The summed E-state index contributed by atoms with van der Waals surface area (Å²) < 4.78 is 0. The van der Waals surface area contributed by atoms with Crippen molar-refractivity contribution in [3.05, 3.63) is 59.3 Å². The predicted octanol–water partition coefficient (Wildman–Crippen LogP) is 2.76. The number of amides is 2. The number of carbonyl (C=O) groups is 2. The second-order valence-electron chi connectivity index (χ2n) is 4.54. The van der Waals surface area contributed by atoms with Crippen molar-refractivity contribution in [2.24, 2.45) is 0 Å². The minimum atomic E-state index is -0.263. The molecule has 0 atom stereocenters. The Kier molecular flexibility index (Phi) is 5.73. The molecule has 1 heterocycles. The van der Waals surface area contributed by atoms with Gasteiger partial charge in [0.25, 0.3) is 0 Å². The maximum Gasteiger partial charge on any atom is 0.238 e. The van der Waals surface area contributed by atoms with E-state index in [0.29, 0.717) is 5.70 Å². The Morgan fingerprint density at radius 2 is 1.68 bits per heavy atom. The average Bonchev–Trinajstić information content (AvgIpc) is 3.06. The van der Waals surface area contributed by atoms with Crippen LogP contribution in [-0.4, -0.2) is 11.8 Å². The number of nitrogens with one attached hydrogen (secondary N) is 3.